The lowest BCUT2D eigenvalue weighted by molar-refractivity contribution is -0.173. The number of ether oxygens (including phenoxy) is 1. The van der Waals surface area contributed by atoms with E-state index >= 15 is 0 Å². The standard InChI is InChI=1S/C17H25NO5S.C7H8F3NO5S.C6H9NO3.C6H9NO2.C6H8O3/c1-10-11(2)15(21)18(14(10)20)9-24(22,23)8-17-6-5-12(7-13(17)19)16(17,3)4;1-3-4(2)6(13)11(5(3)12)16-17(14,15)7(8,9)10;1-3-4(2)6(9)7(10)5(3)8;1-3-4(2)6(9)7-5(3)8;1-3-4(2)6(8)9-5(3)7/h10-12H,5-9H2,1-4H3;3-4H,1-2H3;3-4,10H,1-2H3;3-4H,1-2H3,(H,7,8,9);3-4H,1-2H3. The third-order valence-corrected chi connectivity index (χ3v) is 17.3. The van der Waals surface area contributed by atoms with Crippen molar-refractivity contribution in [2.75, 3.05) is 11.6 Å². The van der Waals surface area contributed by atoms with Gasteiger partial charge in [0.1, 0.15) is 11.7 Å². The number of esters is 2. The van der Waals surface area contributed by atoms with Crippen LogP contribution in [-0.4, -0.2) is 119 Å². The molecule has 2 N–H and O–H groups in total. The fourth-order valence-corrected chi connectivity index (χ4v) is 11.0. The van der Waals surface area contributed by atoms with Crippen LogP contribution in [0.1, 0.15) is 102 Å². The summed E-state index contributed by atoms with van der Waals surface area (Å²) in [7, 11) is -9.76. The Kier molecular flexibility index (Phi) is 17.5. The van der Waals surface area contributed by atoms with Gasteiger partial charge >= 0.3 is 27.6 Å². The van der Waals surface area contributed by atoms with Crippen LogP contribution < -0.4 is 5.32 Å². The van der Waals surface area contributed by atoms with E-state index in [-0.39, 0.29) is 80.3 Å². The van der Waals surface area contributed by atoms with Crippen LogP contribution >= 0.6 is 0 Å². The molecule has 12 unspecified atom stereocenters. The Morgan fingerprint density at radius 1 is 0.623 bits per heavy atom. The van der Waals surface area contributed by atoms with Crippen LogP contribution in [0.3, 0.4) is 0 Å². The predicted molar refractivity (Wildman–Crippen MR) is 227 cm³/mol. The highest BCUT2D eigenvalue weighted by molar-refractivity contribution is 7.91. The average Bonchev–Trinajstić information content (AvgIpc) is 3.94. The quantitative estimate of drug-likeness (QED) is 0.126. The molecule has 69 heavy (non-hydrogen) atoms. The maximum absolute atomic E-state index is 12.8. The third-order valence-electron chi connectivity index (χ3n) is 14.8. The maximum Gasteiger partial charge on any atom is 0.525 e. The van der Waals surface area contributed by atoms with Crippen LogP contribution in [0.4, 0.5) is 13.2 Å². The van der Waals surface area contributed by atoms with Gasteiger partial charge in [0.15, 0.2) is 9.84 Å². The lowest BCUT2D eigenvalue weighted by Crippen LogP contribution is -2.45. The van der Waals surface area contributed by atoms with E-state index in [0.29, 0.717) is 12.8 Å². The molecule has 5 aliphatic heterocycles. The van der Waals surface area contributed by atoms with E-state index in [1.165, 1.54) is 13.8 Å². The summed E-state index contributed by atoms with van der Waals surface area (Å²) >= 11 is 0. The summed E-state index contributed by atoms with van der Waals surface area (Å²) in [5, 5.41) is 10.8. The number of carbonyl (C=O) groups is 11. The van der Waals surface area contributed by atoms with Crippen molar-refractivity contribution < 1.29 is 97.0 Å². The van der Waals surface area contributed by atoms with E-state index in [9.17, 15) is 82.7 Å². The molecule has 5 heterocycles. The van der Waals surface area contributed by atoms with Crippen molar-refractivity contribution in [2.45, 2.75) is 108 Å². The van der Waals surface area contributed by atoms with Crippen molar-refractivity contribution in [1.82, 2.24) is 20.3 Å². The molecule has 388 valence electrons. The summed E-state index contributed by atoms with van der Waals surface area (Å²) in [5.41, 5.74) is -6.90. The zero-order valence-corrected chi connectivity index (χ0v) is 41.7. The average molecular weight is 1030 g/mol. The number of imide groups is 4. The molecule has 27 heteroatoms. The number of hydroxylamine groups is 4. The van der Waals surface area contributed by atoms with Gasteiger partial charge in [-0.3, -0.25) is 68.2 Å². The van der Waals surface area contributed by atoms with E-state index in [1.54, 1.807) is 55.4 Å². The van der Waals surface area contributed by atoms with Crippen molar-refractivity contribution >= 4 is 84.9 Å². The Bertz CT molecular complexity index is 2270. The van der Waals surface area contributed by atoms with Crippen LogP contribution in [0.2, 0.25) is 0 Å². The lowest BCUT2D eigenvalue weighted by Gasteiger charge is -2.36. The van der Waals surface area contributed by atoms with Crippen molar-refractivity contribution in [3.05, 3.63) is 0 Å². The number of carbonyl (C=O) groups excluding carboxylic acids is 11. The number of nitrogens with zero attached hydrogens (tertiary/aromatic N) is 3. The first-order chi connectivity index (χ1) is 31.2. The summed E-state index contributed by atoms with van der Waals surface area (Å²) in [6.45, 7) is 19.9. The van der Waals surface area contributed by atoms with Crippen LogP contribution in [0.25, 0.3) is 0 Å². The molecule has 2 aliphatic carbocycles. The van der Waals surface area contributed by atoms with Gasteiger partial charge in [-0.25, -0.2) is 8.42 Å². The maximum atomic E-state index is 12.8. The summed E-state index contributed by atoms with van der Waals surface area (Å²) in [5.74, 6) is -10.2. The molecule has 7 aliphatic rings. The zero-order valence-electron chi connectivity index (χ0n) is 40.1. The second kappa shape index (κ2) is 20.8. The second-order valence-electron chi connectivity index (χ2n) is 19.2. The van der Waals surface area contributed by atoms with E-state index in [1.807, 2.05) is 13.8 Å². The molecule has 2 bridgehead atoms. The highest BCUT2D eigenvalue weighted by atomic mass is 32.2. The van der Waals surface area contributed by atoms with Crippen molar-refractivity contribution in [3.8, 4) is 0 Å². The highest BCUT2D eigenvalue weighted by Gasteiger charge is 2.65. The van der Waals surface area contributed by atoms with E-state index in [4.69, 9.17) is 5.21 Å². The van der Waals surface area contributed by atoms with Crippen LogP contribution in [-0.2, 0) is 81.7 Å². The number of alkyl halides is 3. The van der Waals surface area contributed by atoms with Crippen LogP contribution in [0.15, 0.2) is 0 Å². The number of ketones is 1. The summed E-state index contributed by atoms with van der Waals surface area (Å²) < 4.78 is 90.5. The van der Waals surface area contributed by atoms with Crippen molar-refractivity contribution in [3.63, 3.8) is 0 Å². The van der Waals surface area contributed by atoms with Gasteiger partial charge < -0.3 is 4.74 Å². The Morgan fingerprint density at radius 3 is 1.26 bits per heavy atom. The van der Waals surface area contributed by atoms with Gasteiger partial charge in [0.05, 0.1) is 17.6 Å². The number of nitrogens with one attached hydrogen (secondary N) is 1. The summed E-state index contributed by atoms with van der Waals surface area (Å²) in [4.78, 5) is 124. The number of hydrogen-bond acceptors (Lipinski definition) is 18. The molecule has 0 radical (unpaired) electrons. The smallest absolute Gasteiger partial charge is 0.393 e. The molecular formula is C42H59F3N4O18S2. The molecule has 22 nitrogen and oxygen atoms in total. The Balaban J connectivity index is 0.000000244. The van der Waals surface area contributed by atoms with Crippen molar-refractivity contribution in [2.24, 2.45) is 75.9 Å². The fraction of sp³-hybridized carbons (Fsp3) is 0.738. The molecule has 7 fully saturated rings. The molecule has 7 rings (SSSR count). The second-order valence-corrected chi connectivity index (χ2v) is 22.8. The van der Waals surface area contributed by atoms with Gasteiger partial charge in [-0.1, -0.05) is 83.1 Å². The molecule has 2 saturated carbocycles. The van der Waals surface area contributed by atoms with Gasteiger partial charge in [0.25, 0.3) is 23.6 Å². The Labute approximate surface area is 396 Å². The molecule has 0 aromatic carbocycles. The van der Waals surface area contributed by atoms with Gasteiger partial charge in [0.2, 0.25) is 23.6 Å². The van der Waals surface area contributed by atoms with E-state index in [0.717, 1.165) is 11.3 Å². The number of cyclic esters (lactones) is 2. The molecule has 5 saturated heterocycles. The minimum Gasteiger partial charge on any atom is -0.393 e. The SMILES string of the molecule is CC1C(=O)N(CS(=O)(=O)CC23CCC(CC2=O)C3(C)C)C(=O)C1C.CC1C(=O)N(O)C(=O)C1C.CC1C(=O)N(OS(=O)(=O)C(F)(F)F)C(=O)C1C.CC1C(=O)NC(=O)C1C.CC1C(=O)OC(=O)C1C. The molecular weight excluding hydrogens is 970 g/mol. The van der Waals surface area contributed by atoms with Crippen LogP contribution in [0.5, 0.6) is 0 Å². The molecule has 0 aromatic rings. The summed E-state index contributed by atoms with van der Waals surface area (Å²) in [6.07, 6.45) is 1.89. The third kappa shape index (κ3) is 11.5. The van der Waals surface area contributed by atoms with E-state index in [2.05, 4.69) is 14.3 Å². The van der Waals surface area contributed by atoms with E-state index < -0.39 is 108 Å². The van der Waals surface area contributed by atoms with Gasteiger partial charge in [-0.15, -0.1) is 9.35 Å². The minimum atomic E-state index is -6.01. The number of rotatable bonds is 6. The number of Topliss-reactive ketones (excluding diaryl/α,β-unsaturated/α-hetero) is 1. The monoisotopic (exact) mass is 1030 g/mol. The summed E-state index contributed by atoms with van der Waals surface area (Å²) in [6, 6.07) is 0. The first kappa shape index (κ1) is 58.3. The number of sulfone groups is 1. The lowest BCUT2D eigenvalue weighted by atomic mass is 9.70. The largest absolute Gasteiger partial charge is 0.525 e. The zero-order chi connectivity index (χ0) is 53.6. The number of halogens is 3. The molecule has 0 spiro atoms. The van der Waals surface area contributed by atoms with Crippen molar-refractivity contribution in [1.29, 1.82) is 0 Å². The predicted octanol–water partition coefficient (Wildman–Crippen LogP) is 2.08. The normalized spacial score (nSPS) is 33.9. The number of amides is 8. The molecule has 12 atom stereocenters. The van der Waals surface area contributed by atoms with Gasteiger partial charge in [0, 0.05) is 59.2 Å². The number of likely N-dealkylation sites (tertiary alicyclic amines) is 1. The Hall–Kier alpha value is -5.02. The molecule has 8 amide bonds. The molecule has 0 aromatic heterocycles. The topological polar surface area (TPSA) is 316 Å². The highest BCUT2D eigenvalue weighted by Crippen LogP contribution is 2.64. The number of fused-ring (bicyclic) bond motifs is 2. The first-order valence-corrected chi connectivity index (χ1v) is 25.1. The first-order valence-electron chi connectivity index (χ1n) is 21.9. The van der Waals surface area contributed by atoms with Crippen LogP contribution in [0, 0.1) is 75.9 Å². The number of hydrogen-bond donors (Lipinski definition) is 2. The van der Waals surface area contributed by atoms with Gasteiger partial charge in [-0.2, -0.15) is 26.7 Å². The van der Waals surface area contributed by atoms with Gasteiger partial charge in [-0.05, 0) is 24.2 Å². The Morgan fingerprint density at radius 2 is 1.00 bits per heavy atom. The minimum absolute atomic E-state index is 0.0214. The fourth-order valence-electron chi connectivity index (χ4n) is 8.42.